The molecule has 6 heteroatoms. The van der Waals surface area contributed by atoms with Crippen LogP contribution in [0.25, 0.3) is 6.08 Å². The maximum absolute atomic E-state index is 12.5. The van der Waals surface area contributed by atoms with Crippen LogP contribution in [0.2, 0.25) is 0 Å². The molecule has 1 aromatic heterocycles. The Bertz CT molecular complexity index is 884. The van der Waals surface area contributed by atoms with Gasteiger partial charge in [-0.2, -0.15) is 0 Å². The number of ether oxygens (including phenoxy) is 1. The van der Waals surface area contributed by atoms with E-state index in [1.165, 1.54) is 0 Å². The molecule has 2 heterocycles. The number of carbonyl (C=O) groups excluding carboxylic acids is 2. The molecule has 1 saturated carbocycles. The summed E-state index contributed by atoms with van der Waals surface area (Å²) in [6, 6.07) is 11.5. The minimum absolute atomic E-state index is 0.0114. The lowest BCUT2D eigenvalue weighted by molar-refractivity contribution is -0.142. The number of hydrogen-bond donors (Lipinski definition) is 0. The summed E-state index contributed by atoms with van der Waals surface area (Å²) in [5, 5.41) is 0. The van der Waals surface area contributed by atoms with Gasteiger partial charge in [0, 0.05) is 56.1 Å². The zero-order chi connectivity index (χ0) is 20.8. The Hall–Kier alpha value is -3.15. The van der Waals surface area contributed by atoms with Crippen LogP contribution in [0.4, 0.5) is 0 Å². The van der Waals surface area contributed by atoms with Gasteiger partial charge in [-0.3, -0.25) is 14.6 Å². The number of pyridine rings is 1. The number of piperazine rings is 1. The highest BCUT2D eigenvalue weighted by Crippen LogP contribution is 2.28. The minimum Gasteiger partial charge on any atom is -0.489 e. The fourth-order valence-electron chi connectivity index (χ4n) is 3.66. The van der Waals surface area contributed by atoms with Crippen LogP contribution >= 0.6 is 0 Å². The van der Waals surface area contributed by atoms with Crippen molar-refractivity contribution in [2.24, 2.45) is 5.92 Å². The predicted molar refractivity (Wildman–Crippen MR) is 115 cm³/mol. The van der Waals surface area contributed by atoms with Crippen molar-refractivity contribution in [3.05, 3.63) is 66.0 Å². The molecule has 2 aromatic rings. The quantitative estimate of drug-likeness (QED) is 0.693. The van der Waals surface area contributed by atoms with Gasteiger partial charge in [-0.05, 0) is 42.7 Å². The number of rotatable bonds is 6. The van der Waals surface area contributed by atoms with Crippen LogP contribution in [-0.4, -0.2) is 52.8 Å². The standard InChI is InChI=1S/C24H27N3O3/c28-23(26-13-15-27(16-14-26)24(29)21-4-1-5-21)11-8-19-6-9-22(10-7-19)30-18-20-3-2-12-25-17-20/h2-3,6-12,17,21H,1,4-5,13-16,18H2/b11-8+. The van der Waals surface area contributed by atoms with Crippen molar-refractivity contribution in [3.63, 3.8) is 0 Å². The Morgan fingerprint density at radius 1 is 1.03 bits per heavy atom. The molecule has 1 aliphatic carbocycles. The summed E-state index contributed by atoms with van der Waals surface area (Å²) in [6.07, 6.45) is 10.2. The van der Waals surface area contributed by atoms with E-state index in [0.717, 1.165) is 36.1 Å². The van der Waals surface area contributed by atoms with Gasteiger partial charge in [-0.1, -0.05) is 24.6 Å². The van der Waals surface area contributed by atoms with Crippen LogP contribution < -0.4 is 4.74 Å². The second-order valence-electron chi connectivity index (χ2n) is 7.83. The highest BCUT2D eigenvalue weighted by Gasteiger charge is 2.31. The first-order valence-electron chi connectivity index (χ1n) is 10.6. The SMILES string of the molecule is O=C(/C=C/c1ccc(OCc2cccnc2)cc1)N1CCN(C(=O)C2CCC2)CC1. The molecule has 6 nitrogen and oxygen atoms in total. The van der Waals surface area contributed by atoms with Gasteiger partial charge in [0.1, 0.15) is 12.4 Å². The molecule has 0 unspecified atom stereocenters. The average Bonchev–Trinajstić information content (AvgIpc) is 2.76. The molecule has 0 spiro atoms. The highest BCUT2D eigenvalue weighted by atomic mass is 16.5. The summed E-state index contributed by atoms with van der Waals surface area (Å²) in [4.78, 5) is 32.6. The molecule has 1 saturated heterocycles. The van der Waals surface area contributed by atoms with E-state index in [4.69, 9.17) is 4.74 Å². The zero-order valence-corrected chi connectivity index (χ0v) is 17.1. The molecular formula is C24H27N3O3. The van der Waals surface area contributed by atoms with E-state index in [1.807, 2.05) is 52.3 Å². The lowest BCUT2D eigenvalue weighted by Gasteiger charge is -2.37. The number of hydrogen-bond acceptors (Lipinski definition) is 4. The van der Waals surface area contributed by atoms with Crippen LogP contribution in [0.3, 0.4) is 0 Å². The summed E-state index contributed by atoms with van der Waals surface area (Å²) in [7, 11) is 0. The molecule has 2 aliphatic rings. The number of aromatic nitrogens is 1. The Balaban J connectivity index is 1.23. The second-order valence-corrected chi connectivity index (χ2v) is 7.83. The molecule has 1 aromatic carbocycles. The largest absolute Gasteiger partial charge is 0.489 e. The van der Waals surface area contributed by atoms with Crippen LogP contribution in [0, 0.1) is 5.92 Å². The molecule has 0 atom stereocenters. The van der Waals surface area contributed by atoms with Crippen molar-refractivity contribution in [2.75, 3.05) is 26.2 Å². The number of carbonyl (C=O) groups is 2. The van der Waals surface area contributed by atoms with Gasteiger partial charge in [0.05, 0.1) is 0 Å². The summed E-state index contributed by atoms with van der Waals surface area (Å²) in [5.74, 6) is 1.26. The summed E-state index contributed by atoms with van der Waals surface area (Å²) in [6.45, 7) is 2.94. The lowest BCUT2D eigenvalue weighted by Crippen LogP contribution is -2.52. The number of nitrogens with zero attached hydrogens (tertiary/aromatic N) is 3. The van der Waals surface area contributed by atoms with Crippen molar-refractivity contribution in [1.82, 2.24) is 14.8 Å². The van der Waals surface area contributed by atoms with Gasteiger partial charge < -0.3 is 14.5 Å². The molecule has 4 rings (SSSR count). The Morgan fingerprint density at radius 3 is 2.40 bits per heavy atom. The molecule has 0 N–H and O–H groups in total. The lowest BCUT2D eigenvalue weighted by atomic mass is 9.84. The van der Waals surface area contributed by atoms with Gasteiger partial charge >= 0.3 is 0 Å². The van der Waals surface area contributed by atoms with Crippen LogP contribution in [0.5, 0.6) is 5.75 Å². The van der Waals surface area contributed by atoms with Crippen molar-refractivity contribution in [1.29, 1.82) is 0 Å². The number of benzene rings is 1. The summed E-state index contributed by atoms with van der Waals surface area (Å²) in [5.41, 5.74) is 1.96. The van der Waals surface area contributed by atoms with Crippen molar-refractivity contribution < 1.29 is 14.3 Å². The van der Waals surface area contributed by atoms with Crippen molar-refractivity contribution in [2.45, 2.75) is 25.9 Å². The van der Waals surface area contributed by atoms with Gasteiger partial charge in [0.15, 0.2) is 0 Å². The second kappa shape index (κ2) is 9.57. The summed E-state index contributed by atoms with van der Waals surface area (Å²) < 4.78 is 5.75. The monoisotopic (exact) mass is 405 g/mol. The first-order valence-corrected chi connectivity index (χ1v) is 10.6. The van der Waals surface area contributed by atoms with E-state index >= 15 is 0 Å². The average molecular weight is 405 g/mol. The first-order chi connectivity index (χ1) is 14.7. The van der Waals surface area contributed by atoms with Gasteiger partial charge in [0.25, 0.3) is 0 Å². The Morgan fingerprint density at radius 2 is 1.77 bits per heavy atom. The topological polar surface area (TPSA) is 62.7 Å². The van der Waals surface area contributed by atoms with E-state index < -0.39 is 0 Å². The van der Waals surface area contributed by atoms with E-state index in [9.17, 15) is 9.59 Å². The minimum atomic E-state index is -0.0114. The van der Waals surface area contributed by atoms with E-state index in [0.29, 0.717) is 32.8 Å². The molecule has 30 heavy (non-hydrogen) atoms. The van der Waals surface area contributed by atoms with Crippen molar-refractivity contribution >= 4 is 17.9 Å². The van der Waals surface area contributed by atoms with Gasteiger partial charge in [-0.15, -0.1) is 0 Å². The zero-order valence-electron chi connectivity index (χ0n) is 17.1. The molecular weight excluding hydrogens is 378 g/mol. The number of amides is 2. The third-order valence-corrected chi connectivity index (χ3v) is 5.78. The maximum Gasteiger partial charge on any atom is 0.246 e. The molecule has 2 fully saturated rings. The molecule has 0 radical (unpaired) electrons. The molecule has 0 bridgehead atoms. The van der Waals surface area contributed by atoms with E-state index in [1.54, 1.807) is 18.5 Å². The van der Waals surface area contributed by atoms with Gasteiger partial charge in [0.2, 0.25) is 11.8 Å². The van der Waals surface area contributed by atoms with Crippen LogP contribution in [-0.2, 0) is 16.2 Å². The summed E-state index contributed by atoms with van der Waals surface area (Å²) >= 11 is 0. The van der Waals surface area contributed by atoms with Crippen molar-refractivity contribution in [3.8, 4) is 5.75 Å². The fourth-order valence-corrected chi connectivity index (χ4v) is 3.66. The smallest absolute Gasteiger partial charge is 0.246 e. The fraction of sp³-hybridized carbons (Fsp3) is 0.375. The molecule has 156 valence electrons. The van der Waals surface area contributed by atoms with E-state index in [2.05, 4.69) is 4.98 Å². The first kappa shape index (κ1) is 20.1. The third-order valence-electron chi connectivity index (χ3n) is 5.78. The molecule has 2 amide bonds. The Labute approximate surface area is 177 Å². The van der Waals surface area contributed by atoms with Crippen LogP contribution in [0.15, 0.2) is 54.9 Å². The highest BCUT2D eigenvalue weighted by molar-refractivity contribution is 5.92. The predicted octanol–water partition coefficient (Wildman–Crippen LogP) is 3.14. The normalized spacial score (nSPS) is 17.1. The van der Waals surface area contributed by atoms with Gasteiger partial charge in [-0.25, -0.2) is 0 Å². The molecule has 1 aliphatic heterocycles. The van der Waals surface area contributed by atoms with E-state index in [-0.39, 0.29) is 17.7 Å². The maximum atomic E-state index is 12.5. The third kappa shape index (κ3) is 5.06. The van der Waals surface area contributed by atoms with Crippen LogP contribution in [0.1, 0.15) is 30.4 Å². The Kier molecular flexibility index (Phi) is 6.42.